The van der Waals surface area contributed by atoms with Crippen molar-refractivity contribution in [1.82, 2.24) is 9.62 Å². The molecule has 0 atom stereocenters. The Morgan fingerprint density at radius 1 is 1.26 bits per heavy atom. The highest BCUT2D eigenvalue weighted by Crippen LogP contribution is 2.13. The zero-order valence-electron chi connectivity index (χ0n) is 13.3. The summed E-state index contributed by atoms with van der Waals surface area (Å²) in [5.41, 5.74) is 0.544. The first-order valence-corrected chi connectivity index (χ1v) is 9.71. The van der Waals surface area contributed by atoms with Gasteiger partial charge in [0.1, 0.15) is 5.82 Å². The van der Waals surface area contributed by atoms with Crippen molar-refractivity contribution in [3.63, 3.8) is 0 Å². The van der Waals surface area contributed by atoms with Crippen LogP contribution < -0.4 is 4.72 Å². The highest BCUT2D eigenvalue weighted by atomic mass is 32.2. The van der Waals surface area contributed by atoms with Crippen LogP contribution in [0.2, 0.25) is 0 Å². The highest BCUT2D eigenvalue weighted by molar-refractivity contribution is 7.88. The molecule has 0 saturated carbocycles. The summed E-state index contributed by atoms with van der Waals surface area (Å²) in [6, 6.07) is 5.64. The lowest BCUT2D eigenvalue weighted by Crippen LogP contribution is -2.44. The first-order valence-electron chi connectivity index (χ1n) is 7.82. The van der Waals surface area contributed by atoms with E-state index in [1.165, 1.54) is 30.5 Å². The maximum absolute atomic E-state index is 12.8. The molecule has 1 fully saturated rings. The van der Waals surface area contributed by atoms with Crippen molar-refractivity contribution >= 4 is 15.8 Å². The van der Waals surface area contributed by atoms with Gasteiger partial charge in [0.15, 0.2) is 5.78 Å². The molecule has 7 heteroatoms. The molecule has 1 aliphatic heterocycles. The molecule has 1 N–H and O–H groups in total. The van der Waals surface area contributed by atoms with Crippen molar-refractivity contribution in [3.05, 3.63) is 35.6 Å². The van der Waals surface area contributed by atoms with Crippen LogP contribution in [-0.2, 0) is 10.0 Å². The average molecular weight is 342 g/mol. The van der Waals surface area contributed by atoms with Crippen LogP contribution in [0.4, 0.5) is 4.39 Å². The molecule has 0 unspecified atom stereocenters. The molecule has 1 aromatic rings. The normalized spacial score (nSPS) is 17.3. The molecule has 1 saturated heterocycles. The van der Waals surface area contributed by atoms with Crippen molar-refractivity contribution in [1.29, 1.82) is 0 Å². The molecule has 1 aromatic carbocycles. The van der Waals surface area contributed by atoms with Gasteiger partial charge in [-0.1, -0.05) is 0 Å². The Morgan fingerprint density at radius 3 is 2.43 bits per heavy atom. The molecule has 5 nitrogen and oxygen atoms in total. The van der Waals surface area contributed by atoms with Crippen LogP contribution in [0.15, 0.2) is 24.3 Å². The number of carbonyl (C=O) groups excluding carboxylic acids is 1. The maximum Gasteiger partial charge on any atom is 0.208 e. The fraction of sp³-hybridized carbons (Fsp3) is 0.562. The molecule has 0 bridgehead atoms. The fourth-order valence-electron chi connectivity index (χ4n) is 2.82. The SMILES string of the molecule is CS(=O)(=O)NC1CCN(CCCC(=O)c2ccc(F)cc2)CC1. The van der Waals surface area contributed by atoms with Gasteiger partial charge in [0, 0.05) is 18.0 Å². The Labute approximate surface area is 136 Å². The highest BCUT2D eigenvalue weighted by Gasteiger charge is 2.21. The Bertz CT molecular complexity index is 623. The van der Waals surface area contributed by atoms with Crippen molar-refractivity contribution in [2.75, 3.05) is 25.9 Å². The number of nitrogens with zero attached hydrogens (tertiary/aromatic N) is 1. The largest absolute Gasteiger partial charge is 0.303 e. The third kappa shape index (κ3) is 6.37. The summed E-state index contributed by atoms with van der Waals surface area (Å²) in [6.45, 7) is 2.48. The maximum atomic E-state index is 12.8. The minimum Gasteiger partial charge on any atom is -0.303 e. The van der Waals surface area contributed by atoms with Gasteiger partial charge < -0.3 is 4.90 Å². The minimum atomic E-state index is -3.14. The van der Waals surface area contributed by atoms with E-state index < -0.39 is 10.0 Å². The lowest BCUT2D eigenvalue weighted by atomic mass is 10.0. The molecule has 1 aliphatic rings. The third-order valence-electron chi connectivity index (χ3n) is 4.01. The quantitative estimate of drug-likeness (QED) is 0.768. The first-order chi connectivity index (χ1) is 10.8. The molecule has 0 spiro atoms. The van der Waals surface area contributed by atoms with E-state index in [0.29, 0.717) is 12.0 Å². The van der Waals surface area contributed by atoms with E-state index in [9.17, 15) is 17.6 Å². The molecule has 1 heterocycles. The van der Waals surface area contributed by atoms with E-state index in [-0.39, 0.29) is 17.6 Å². The van der Waals surface area contributed by atoms with Crippen LogP contribution >= 0.6 is 0 Å². The fourth-order valence-corrected chi connectivity index (χ4v) is 3.66. The molecular weight excluding hydrogens is 319 g/mol. The Kier molecular flexibility index (Phi) is 6.26. The second kappa shape index (κ2) is 7.99. The second-order valence-electron chi connectivity index (χ2n) is 6.04. The van der Waals surface area contributed by atoms with E-state index >= 15 is 0 Å². The van der Waals surface area contributed by atoms with E-state index in [0.717, 1.165) is 38.9 Å². The van der Waals surface area contributed by atoms with Crippen LogP contribution in [0.5, 0.6) is 0 Å². The standard InChI is InChI=1S/C16H23FN2O3S/c1-23(21,22)18-15-8-11-19(12-9-15)10-2-3-16(20)13-4-6-14(17)7-5-13/h4-7,15,18H,2-3,8-12H2,1H3. The predicted octanol–water partition coefficient (Wildman–Crippen LogP) is 1.80. The Hall–Kier alpha value is -1.31. The summed E-state index contributed by atoms with van der Waals surface area (Å²) in [5, 5.41) is 0. The van der Waals surface area contributed by atoms with Gasteiger partial charge in [0.2, 0.25) is 10.0 Å². The number of likely N-dealkylation sites (tertiary alicyclic amines) is 1. The lowest BCUT2D eigenvalue weighted by molar-refractivity contribution is 0.0972. The number of carbonyl (C=O) groups is 1. The minimum absolute atomic E-state index is 0.0158. The molecule has 0 amide bonds. The summed E-state index contributed by atoms with van der Waals surface area (Å²) >= 11 is 0. The van der Waals surface area contributed by atoms with Crippen molar-refractivity contribution in [2.45, 2.75) is 31.7 Å². The van der Waals surface area contributed by atoms with E-state index in [1.807, 2.05) is 0 Å². The second-order valence-corrected chi connectivity index (χ2v) is 7.82. The van der Waals surface area contributed by atoms with Crippen LogP contribution in [-0.4, -0.2) is 51.0 Å². The van der Waals surface area contributed by atoms with Crippen molar-refractivity contribution < 1.29 is 17.6 Å². The summed E-state index contributed by atoms with van der Waals surface area (Å²) in [6.07, 6.45) is 3.95. The molecule has 23 heavy (non-hydrogen) atoms. The summed E-state index contributed by atoms with van der Waals surface area (Å²) in [5.74, 6) is -0.314. The van der Waals surface area contributed by atoms with Gasteiger partial charge in [-0.25, -0.2) is 17.5 Å². The van der Waals surface area contributed by atoms with Crippen LogP contribution in [0.1, 0.15) is 36.0 Å². The number of nitrogens with one attached hydrogen (secondary N) is 1. The monoisotopic (exact) mass is 342 g/mol. The topological polar surface area (TPSA) is 66.5 Å². The van der Waals surface area contributed by atoms with Gasteiger partial charge in [-0.15, -0.1) is 0 Å². The number of ketones is 1. The third-order valence-corrected chi connectivity index (χ3v) is 4.77. The summed E-state index contributed by atoms with van der Waals surface area (Å²) in [7, 11) is -3.14. The number of rotatable bonds is 7. The Morgan fingerprint density at radius 2 is 1.87 bits per heavy atom. The van der Waals surface area contributed by atoms with E-state index in [4.69, 9.17) is 0 Å². The molecule has 0 radical (unpaired) electrons. The number of Topliss-reactive ketones (excluding diaryl/α,β-unsaturated/α-hetero) is 1. The predicted molar refractivity (Wildman–Crippen MR) is 87.4 cm³/mol. The van der Waals surface area contributed by atoms with Gasteiger partial charge in [-0.05, 0) is 63.2 Å². The molecule has 0 aliphatic carbocycles. The van der Waals surface area contributed by atoms with Gasteiger partial charge in [-0.2, -0.15) is 0 Å². The first kappa shape index (κ1) is 18.0. The van der Waals surface area contributed by atoms with Crippen LogP contribution in [0, 0.1) is 5.82 Å². The van der Waals surface area contributed by atoms with E-state index in [2.05, 4.69) is 9.62 Å². The smallest absolute Gasteiger partial charge is 0.208 e. The van der Waals surface area contributed by atoms with Gasteiger partial charge >= 0.3 is 0 Å². The number of halogens is 1. The van der Waals surface area contributed by atoms with Gasteiger partial charge in [0.05, 0.1) is 6.26 Å². The van der Waals surface area contributed by atoms with Crippen molar-refractivity contribution in [3.8, 4) is 0 Å². The molecule has 0 aromatic heterocycles. The van der Waals surface area contributed by atoms with Crippen molar-refractivity contribution in [2.24, 2.45) is 0 Å². The van der Waals surface area contributed by atoms with Gasteiger partial charge in [0.25, 0.3) is 0 Å². The number of hydrogen-bond donors (Lipinski definition) is 1. The van der Waals surface area contributed by atoms with Crippen LogP contribution in [0.3, 0.4) is 0 Å². The zero-order valence-corrected chi connectivity index (χ0v) is 14.1. The summed E-state index contributed by atoms with van der Waals surface area (Å²) < 4.78 is 37.9. The number of piperidine rings is 1. The average Bonchev–Trinajstić information content (AvgIpc) is 2.48. The number of sulfonamides is 1. The molecular formula is C16H23FN2O3S. The van der Waals surface area contributed by atoms with Gasteiger partial charge in [-0.3, -0.25) is 4.79 Å². The lowest BCUT2D eigenvalue weighted by Gasteiger charge is -2.31. The van der Waals surface area contributed by atoms with E-state index in [1.54, 1.807) is 0 Å². The number of hydrogen-bond acceptors (Lipinski definition) is 4. The molecule has 128 valence electrons. The molecule has 2 rings (SSSR count). The summed E-state index contributed by atoms with van der Waals surface area (Å²) in [4.78, 5) is 14.2. The zero-order chi connectivity index (χ0) is 16.9. The number of benzene rings is 1. The van der Waals surface area contributed by atoms with Crippen LogP contribution in [0.25, 0.3) is 0 Å². The Balaban J connectivity index is 1.67.